The van der Waals surface area contributed by atoms with E-state index in [1.54, 1.807) is 0 Å². The maximum atomic E-state index is 13.4. The molecule has 0 amide bonds. The van der Waals surface area contributed by atoms with E-state index >= 15 is 0 Å². The Morgan fingerprint density at radius 2 is 1.55 bits per heavy atom. The summed E-state index contributed by atoms with van der Waals surface area (Å²) in [5, 5.41) is 3.63. The van der Waals surface area contributed by atoms with Gasteiger partial charge in [0.25, 0.3) is 0 Å². The van der Waals surface area contributed by atoms with Gasteiger partial charge >= 0.3 is 0 Å². The number of carbonyl (C=O) groups excluding carboxylic acids is 1. The Hall–Kier alpha value is -2.09. The Bertz CT molecular complexity index is 688. The largest absolute Gasteiger partial charge is 0.368 e. The van der Waals surface area contributed by atoms with Crippen LogP contribution in [0, 0.1) is 5.92 Å². The molecular weight excluding hydrogens is 270 g/mol. The molecule has 1 saturated carbocycles. The van der Waals surface area contributed by atoms with Gasteiger partial charge in [-0.15, -0.1) is 0 Å². The molecular formula is C20H21NO. The third kappa shape index (κ3) is 1.90. The lowest BCUT2D eigenvalue weighted by atomic mass is 9.69. The van der Waals surface area contributed by atoms with Crippen molar-refractivity contribution in [3.05, 3.63) is 65.7 Å². The first-order chi connectivity index (χ1) is 10.8. The smallest absolute Gasteiger partial charge is 0.195 e. The standard InChI is InChI=1S/C20H21NO/c22-19-17-13-7-8-14-18(17)21-20(19,15-9-3-1-4-10-15)16-11-5-2-6-12-16/h1,3-4,7-10,13-14,16,21H,2,5-6,11-12H2. The third-order valence-corrected chi connectivity index (χ3v) is 5.31. The van der Waals surface area contributed by atoms with Crippen molar-refractivity contribution in [1.29, 1.82) is 0 Å². The van der Waals surface area contributed by atoms with E-state index in [1.807, 2.05) is 42.5 Å². The summed E-state index contributed by atoms with van der Waals surface area (Å²) in [6.45, 7) is 0. The summed E-state index contributed by atoms with van der Waals surface area (Å²) in [4.78, 5) is 13.4. The van der Waals surface area contributed by atoms with Gasteiger partial charge in [0.1, 0.15) is 5.54 Å². The van der Waals surface area contributed by atoms with Crippen molar-refractivity contribution in [3.63, 3.8) is 0 Å². The molecule has 2 heteroatoms. The van der Waals surface area contributed by atoms with Gasteiger partial charge in [-0.1, -0.05) is 61.7 Å². The first-order valence-electron chi connectivity index (χ1n) is 8.30. The molecule has 2 aromatic carbocycles. The van der Waals surface area contributed by atoms with Crippen molar-refractivity contribution in [2.75, 3.05) is 5.32 Å². The van der Waals surface area contributed by atoms with Gasteiger partial charge < -0.3 is 5.32 Å². The van der Waals surface area contributed by atoms with E-state index in [0.29, 0.717) is 5.92 Å². The van der Waals surface area contributed by atoms with E-state index in [2.05, 4.69) is 17.4 Å². The van der Waals surface area contributed by atoms with E-state index in [-0.39, 0.29) is 5.78 Å². The van der Waals surface area contributed by atoms with E-state index in [9.17, 15) is 4.79 Å². The predicted octanol–water partition coefficient (Wildman–Crippen LogP) is 4.77. The highest BCUT2D eigenvalue weighted by atomic mass is 16.1. The molecule has 22 heavy (non-hydrogen) atoms. The fraction of sp³-hybridized carbons (Fsp3) is 0.350. The minimum absolute atomic E-state index is 0.251. The highest BCUT2D eigenvalue weighted by molar-refractivity contribution is 6.13. The van der Waals surface area contributed by atoms with Crippen LogP contribution in [0.2, 0.25) is 0 Å². The number of anilines is 1. The number of hydrogen-bond acceptors (Lipinski definition) is 2. The van der Waals surface area contributed by atoms with Crippen LogP contribution in [0.1, 0.15) is 48.0 Å². The topological polar surface area (TPSA) is 29.1 Å². The van der Waals surface area contributed by atoms with Gasteiger partial charge in [-0.05, 0) is 36.5 Å². The minimum atomic E-state index is -0.564. The number of nitrogens with one attached hydrogen (secondary N) is 1. The van der Waals surface area contributed by atoms with Gasteiger partial charge in [0.15, 0.2) is 5.78 Å². The molecule has 0 bridgehead atoms. The lowest BCUT2D eigenvalue weighted by Gasteiger charge is -2.39. The summed E-state index contributed by atoms with van der Waals surface area (Å²) in [6, 6.07) is 18.2. The Kier molecular flexibility index (Phi) is 3.25. The molecule has 1 N–H and O–H groups in total. The maximum absolute atomic E-state index is 13.4. The van der Waals surface area contributed by atoms with Crippen molar-refractivity contribution < 1.29 is 4.79 Å². The molecule has 2 aromatic rings. The molecule has 1 unspecified atom stereocenters. The van der Waals surface area contributed by atoms with Crippen LogP contribution in [0.5, 0.6) is 0 Å². The van der Waals surface area contributed by atoms with Crippen LogP contribution in [0.3, 0.4) is 0 Å². The third-order valence-electron chi connectivity index (χ3n) is 5.31. The molecule has 4 rings (SSSR count). The fourth-order valence-electron chi connectivity index (χ4n) is 4.23. The second kappa shape index (κ2) is 5.28. The van der Waals surface area contributed by atoms with E-state index in [0.717, 1.165) is 29.7 Å². The number of benzene rings is 2. The van der Waals surface area contributed by atoms with Crippen molar-refractivity contribution in [1.82, 2.24) is 0 Å². The van der Waals surface area contributed by atoms with Crippen LogP contribution in [0.25, 0.3) is 0 Å². The van der Waals surface area contributed by atoms with Crippen LogP contribution in [-0.2, 0) is 5.54 Å². The number of para-hydroxylation sites is 1. The Morgan fingerprint density at radius 1 is 0.864 bits per heavy atom. The zero-order valence-electron chi connectivity index (χ0n) is 12.7. The van der Waals surface area contributed by atoms with E-state index < -0.39 is 5.54 Å². The summed E-state index contributed by atoms with van der Waals surface area (Å²) in [5.74, 6) is 0.629. The Morgan fingerprint density at radius 3 is 2.27 bits per heavy atom. The molecule has 2 nitrogen and oxygen atoms in total. The van der Waals surface area contributed by atoms with Gasteiger partial charge in [-0.3, -0.25) is 4.79 Å². The molecule has 0 spiro atoms. The molecule has 0 saturated heterocycles. The molecule has 0 aromatic heterocycles. The highest BCUT2D eigenvalue weighted by Gasteiger charge is 2.51. The molecule has 112 valence electrons. The molecule has 1 heterocycles. The number of ketones is 1. The van der Waals surface area contributed by atoms with Gasteiger partial charge in [-0.2, -0.15) is 0 Å². The zero-order chi connectivity index (χ0) is 15.0. The van der Waals surface area contributed by atoms with Crippen LogP contribution >= 0.6 is 0 Å². The van der Waals surface area contributed by atoms with Crippen LogP contribution in [-0.4, -0.2) is 5.78 Å². The number of fused-ring (bicyclic) bond motifs is 1. The van der Waals surface area contributed by atoms with E-state index in [1.165, 1.54) is 19.3 Å². The van der Waals surface area contributed by atoms with Gasteiger partial charge in [0, 0.05) is 11.3 Å². The number of carbonyl (C=O) groups is 1. The predicted molar refractivity (Wildman–Crippen MR) is 89.1 cm³/mol. The lowest BCUT2D eigenvalue weighted by Crippen LogP contribution is -2.46. The second-order valence-electron chi connectivity index (χ2n) is 6.51. The molecule has 1 fully saturated rings. The van der Waals surface area contributed by atoms with Crippen LogP contribution in [0.4, 0.5) is 5.69 Å². The van der Waals surface area contributed by atoms with Crippen molar-refractivity contribution >= 4 is 11.5 Å². The fourth-order valence-corrected chi connectivity index (χ4v) is 4.23. The molecule has 1 aliphatic carbocycles. The number of hydrogen-bond donors (Lipinski definition) is 1. The number of rotatable bonds is 2. The summed E-state index contributed by atoms with van der Waals surface area (Å²) in [5.41, 5.74) is 2.38. The average molecular weight is 291 g/mol. The van der Waals surface area contributed by atoms with Gasteiger partial charge in [0.2, 0.25) is 0 Å². The van der Waals surface area contributed by atoms with Crippen LogP contribution in [0.15, 0.2) is 54.6 Å². The highest BCUT2D eigenvalue weighted by Crippen LogP contribution is 2.48. The first-order valence-corrected chi connectivity index (χ1v) is 8.30. The SMILES string of the molecule is O=C1c2ccccc2NC1(c1ccccc1)C1CCCCC1. The quantitative estimate of drug-likeness (QED) is 0.863. The average Bonchev–Trinajstić information content (AvgIpc) is 2.91. The summed E-state index contributed by atoms with van der Waals surface area (Å²) in [7, 11) is 0. The Balaban J connectivity index is 1.86. The summed E-state index contributed by atoms with van der Waals surface area (Å²) in [6.07, 6.45) is 6.00. The summed E-state index contributed by atoms with van der Waals surface area (Å²) >= 11 is 0. The molecule has 1 aliphatic heterocycles. The minimum Gasteiger partial charge on any atom is -0.368 e. The second-order valence-corrected chi connectivity index (χ2v) is 6.51. The van der Waals surface area contributed by atoms with Gasteiger partial charge in [-0.25, -0.2) is 0 Å². The summed E-state index contributed by atoms with van der Waals surface area (Å²) < 4.78 is 0. The zero-order valence-corrected chi connectivity index (χ0v) is 12.7. The lowest BCUT2D eigenvalue weighted by molar-refractivity contribution is 0.0835. The van der Waals surface area contributed by atoms with Crippen LogP contribution < -0.4 is 5.32 Å². The maximum Gasteiger partial charge on any atom is 0.195 e. The first kappa shape index (κ1) is 13.6. The van der Waals surface area contributed by atoms with E-state index in [4.69, 9.17) is 0 Å². The molecule has 2 aliphatic rings. The monoisotopic (exact) mass is 291 g/mol. The van der Waals surface area contributed by atoms with Crippen molar-refractivity contribution in [2.45, 2.75) is 37.6 Å². The number of Topliss-reactive ketones (excluding diaryl/α,β-unsaturated/α-hetero) is 1. The van der Waals surface area contributed by atoms with Crippen molar-refractivity contribution in [2.24, 2.45) is 5.92 Å². The molecule has 0 radical (unpaired) electrons. The Labute approximate surface area is 131 Å². The van der Waals surface area contributed by atoms with Gasteiger partial charge in [0.05, 0.1) is 0 Å². The van der Waals surface area contributed by atoms with Crippen molar-refractivity contribution in [3.8, 4) is 0 Å². The normalized spacial score (nSPS) is 24.8. The molecule has 1 atom stereocenters.